The van der Waals surface area contributed by atoms with Crippen molar-refractivity contribution in [3.63, 3.8) is 0 Å². The van der Waals surface area contributed by atoms with E-state index < -0.39 is 27.0 Å². The first-order valence-electron chi connectivity index (χ1n) is 10.2. The van der Waals surface area contributed by atoms with Crippen molar-refractivity contribution in [1.29, 1.82) is 0 Å². The number of aryl methyl sites for hydroxylation is 1. The van der Waals surface area contributed by atoms with Gasteiger partial charge in [-0.2, -0.15) is 0 Å². The van der Waals surface area contributed by atoms with Crippen molar-refractivity contribution in [3.8, 4) is 0 Å². The molecular weight excluding hydrogens is 433 g/mol. The molecule has 3 aromatic carbocycles. The second-order valence-electron chi connectivity index (χ2n) is 9.04. The van der Waals surface area contributed by atoms with Gasteiger partial charge in [0.2, 0.25) is 0 Å². The number of nitrogens with zero attached hydrogens (tertiary/aromatic N) is 1. The Hall–Kier alpha value is -2.37. The van der Waals surface area contributed by atoms with Crippen LogP contribution in [0.1, 0.15) is 42.0 Å². The van der Waals surface area contributed by atoms with Crippen LogP contribution in [0, 0.1) is 6.92 Å². The van der Waals surface area contributed by atoms with Gasteiger partial charge in [-0.25, -0.2) is 12.8 Å². The minimum Gasteiger partial charge on any atom is -0.263 e. The predicted octanol–water partition coefficient (Wildman–Crippen LogP) is 5.99. The monoisotopic (exact) mass is 455 g/mol. The van der Waals surface area contributed by atoms with E-state index in [0.717, 1.165) is 16.7 Å². The quantitative estimate of drug-likeness (QED) is 0.476. The van der Waals surface area contributed by atoms with Crippen molar-refractivity contribution in [1.82, 2.24) is 0 Å². The number of fused-ring (bicyclic) bond motifs is 5. The molecular formula is C25H23ClFNO2S. The lowest BCUT2D eigenvalue weighted by atomic mass is 9.69. The molecule has 0 unspecified atom stereocenters. The van der Waals surface area contributed by atoms with Crippen LogP contribution in [0.15, 0.2) is 71.6 Å². The van der Waals surface area contributed by atoms with E-state index in [1.165, 1.54) is 4.31 Å². The molecule has 2 aliphatic rings. The van der Waals surface area contributed by atoms with Gasteiger partial charge in [0.15, 0.2) is 0 Å². The average molecular weight is 456 g/mol. The van der Waals surface area contributed by atoms with Gasteiger partial charge in [0.05, 0.1) is 17.1 Å². The van der Waals surface area contributed by atoms with Gasteiger partial charge in [0.25, 0.3) is 10.0 Å². The van der Waals surface area contributed by atoms with Gasteiger partial charge < -0.3 is 0 Å². The Labute approximate surface area is 187 Å². The van der Waals surface area contributed by atoms with Crippen LogP contribution in [-0.2, 0) is 15.4 Å². The second kappa shape index (κ2) is 6.57. The Morgan fingerprint density at radius 3 is 2.39 bits per heavy atom. The highest BCUT2D eigenvalue weighted by atomic mass is 35.5. The zero-order valence-corrected chi connectivity index (χ0v) is 19.1. The number of hydrogen-bond acceptors (Lipinski definition) is 2. The molecule has 1 aliphatic carbocycles. The van der Waals surface area contributed by atoms with Crippen LogP contribution in [0.3, 0.4) is 0 Å². The number of hydrogen-bond donors (Lipinski definition) is 0. The van der Waals surface area contributed by atoms with E-state index in [-0.39, 0.29) is 11.4 Å². The molecule has 31 heavy (non-hydrogen) atoms. The summed E-state index contributed by atoms with van der Waals surface area (Å²) in [4.78, 5) is 0.148. The molecule has 0 fully saturated rings. The molecule has 6 heteroatoms. The summed E-state index contributed by atoms with van der Waals surface area (Å²) in [5.74, 6) is -0.586. The molecule has 0 N–H and O–H groups in total. The molecule has 3 aromatic rings. The van der Waals surface area contributed by atoms with E-state index in [9.17, 15) is 8.42 Å². The number of benzene rings is 3. The molecule has 0 spiro atoms. The van der Waals surface area contributed by atoms with Crippen LogP contribution in [0.2, 0.25) is 5.02 Å². The zero-order chi connectivity index (χ0) is 22.2. The zero-order valence-electron chi connectivity index (χ0n) is 17.6. The smallest absolute Gasteiger partial charge is 0.263 e. The van der Waals surface area contributed by atoms with Crippen LogP contribution in [0.4, 0.5) is 10.1 Å². The lowest BCUT2D eigenvalue weighted by Gasteiger charge is -2.46. The molecule has 0 radical (unpaired) electrons. The number of sulfonamides is 1. The van der Waals surface area contributed by atoms with Gasteiger partial charge in [-0.05, 0) is 53.9 Å². The maximum Gasteiger partial charge on any atom is 0.264 e. The lowest BCUT2D eigenvalue weighted by Crippen LogP contribution is -2.56. The molecule has 0 saturated carbocycles. The van der Waals surface area contributed by atoms with Crippen molar-refractivity contribution in [3.05, 3.63) is 94.0 Å². The third kappa shape index (κ3) is 2.72. The van der Waals surface area contributed by atoms with Crippen molar-refractivity contribution in [2.24, 2.45) is 0 Å². The average Bonchev–Trinajstić information content (AvgIpc) is 2.91. The van der Waals surface area contributed by atoms with Crippen molar-refractivity contribution < 1.29 is 12.8 Å². The van der Waals surface area contributed by atoms with Gasteiger partial charge in [0.1, 0.15) is 5.67 Å². The molecule has 2 atom stereocenters. The fourth-order valence-corrected chi connectivity index (χ4v) is 6.88. The Morgan fingerprint density at radius 1 is 1.00 bits per heavy atom. The first-order chi connectivity index (χ1) is 14.6. The third-order valence-electron chi connectivity index (χ3n) is 6.99. The van der Waals surface area contributed by atoms with Crippen LogP contribution < -0.4 is 4.31 Å². The molecule has 160 valence electrons. The fraction of sp³-hybridized carbons (Fsp3) is 0.280. The van der Waals surface area contributed by atoms with Gasteiger partial charge in [-0.1, -0.05) is 67.4 Å². The van der Waals surface area contributed by atoms with Crippen molar-refractivity contribution >= 4 is 27.3 Å². The van der Waals surface area contributed by atoms with E-state index in [1.807, 2.05) is 45.0 Å². The molecule has 0 bridgehead atoms. The standard InChI is InChI=1S/C25H23ClFNO2S/c1-16-8-11-18(12-9-16)31(29,30)28-15-25(27)23(20-14-17(26)10-13-22(20)28)19-6-4-5-7-21(19)24(25,2)3/h4-14,23H,15H2,1-3H3/t23-,25-/m0/s1. The van der Waals surface area contributed by atoms with E-state index in [2.05, 4.69) is 0 Å². The van der Waals surface area contributed by atoms with E-state index in [0.29, 0.717) is 16.3 Å². The van der Waals surface area contributed by atoms with Crippen LogP contribution in [0.25, 0.3) is 0 Å². The summed E-state index contributed by atoms with van der Waals surface area (Å²) in [5.41, 5.74) is 1.14. The van der Waals surface area contributed by atoms with E-state index in [1.54, 1.807) is 42.5 Å². The number of rotatable bonds is 2. The molecule has 1 heterocycles. The normalized spacial score (nSPS) is 23.8. The summed E-state index contributed by atoms with van der Waals surface area (Å²) in [7, 11) is -3.97. The second-order valence-corrected chi connectivity index (χ2v) is 11.3. The minimum atomic E-state index is -3.97. The fourth-order valence-electron chi connectivity index (χ4n) is 5.18. The number of anilines is 1. The SMILES string of the molecule is Cc1ccc(S(=O)(=O)N2C[C@]3(F)[C@H](c4cc(Cl)ccc42)c2ccccc2C3(C)C)cc1. The predicted molar refractivity (Wildman–Crippen MR) is 122 cm³/mol. The highest BCUT2D eigenvalue weighted by Gasteiger charge is 2.63. The largest absolute Gasteiger partial charge is 0.264 e. The Kier molecular flexibility index (Phi) is 4.35. The van der Waals surface area contributed by atoms with Crippen LogP contribution in [-0.4, -0.2) is 20.6 Å². The van der Waals surface area contributed by atoms with Crippen molar-refractivity contribution in [2.45, 2.75) is 42.7 Å². The highest BCUT2D eigenvalue weighted by Crippen LogP contribution is 2.62. The summed E-state index contributed by atoms with van der Waals surface area (Å²) < 4.78 is 45.8. The summed E-state index contributed by atoms with van der Waals surface area (Å²) in [6.07, 6.45) is 0. The molecule has 0 aromatic heterocycles. The molecule has 5 rings (SSSR count). The Bertz CT molecular complexity index is 1300. The maximum atomic E-state index is 17.1. The highest BCUT2D eigenvalue weighted by molar-refractivity contribution is 7.92. The van der Waals surface area contributed by atoms with Crippen molar-refractivity contribution in [2.75, 3.05) is 10.8 Å². The Balaban J connectivity index is 1.77. The topological polar surface area (TPSA) is 37.4 Å². The maximum absolute atomic E-state index is 17.1. The molecule has 0 amide bonds. The number of halogens is 2. The minimum absolute atomic E-state index is 0.148. The van der Waals surface area contributed by atoms with Gasteiger partial charge in [-0.15, -0.1) is 0 Å². The number of alkyl halides is 1. The molecule has 1 aliphatic heterocycles. The van der Waals surface area contributed by atoms with E-state index in [4.69, 9.17) is 11.6 Å². The first-order valence-corrected chi connectivity index (χ1v) is 12.1. The summed E-state index contributed by atoms with van der Waals surface area (Å²) in [6, 6.07) is 19.4. The van der Waals surface area contributed by atoms with Gasteiger partial charge in [0, 0.05) is 16.4 Å². The summed E-state index contributed by atoms with van der Waals surface area (Å²) >= 11 is 6.32. The summed E-state index contributed by atoms with van der Waals surface area (Å²) in [6.45, 7) is 5.36. The lowest BCUT2D eigenvalue weighted by molar-refractivity contribution is 0.0779. The van der Waals surface area contributed by atoms with Crippen LogP contribution in [0.5, 0.6) is 0 Å². The third-order valence-corrected chi connectivity index (χ3v) is 9.00. The first kappa shape index (κ1) is 20.5. The molecule has 0 saturated heterocycles. The van der Waals surface area contributed by atoms with E-state index >= 15 is 4.39 Å². The summed E-state index contributed by atoms with van der Waals surface area (Å²) in [5, 5.41) is 0.456. The Morgan fingerprint density at radius 2 is 1.68 bits per heavy atom. The van der Waals surface area contributed by atoms with Gasteiger partial charge in [-0.3, -0.25) is 4.31 Å². The molecule has 3 nitrogen and oxygen atoms in total. The van der Waals surface area contributed by atoms with Crippen LogP contribution >= 0.6 is 11.6 Å². The van der Waals surface area contributed by atoms with Gasteiger partial charge >= 0.3 is 0 Å².